The van der Waals surface area contributed by atoms with Gasteiger partial charge in [-0.3, -0.25) is 4.79 Å². The second kappa shape index (κ2) is 7.28. The summed E-state index contributed by atoms with van der Waals surface area (Å²) in [6, 6.07) is 7.64. The Balaban J connectivity index is 2.20. The van der Waals surface area contributed by atoms with Crippen LogP contribution in [0.5, 0.6) is 5.75 Å². The van der Waals surface area contributed by atoms with E-state index < -0.39 is 9.84 Å². The van der Waals surface area contributed by atoms with E-state index in [1.807, 2.05) is 31.2 Å². The molecule has 0 aliphatic rings. The number of rotatable bonds is 8. The Bertz CT molecular complexity index is 520. The van der Waals surface area contributed by atoms with Crippen LogP contribution in [0, 0.1) is 6.92 Å². The van der Waals surface area contributed by atoms with Crippen molar-refractivity contribution in [2.45, 2.75) is 26.2 Å². The zero-order valence-electron chi connectivity index (χ0n) is 11.4. The first kappa shape index (κ1) is 15.7. The molecule has 0 fully saturated rings. The van der Waals surface area contributed by atoms with E-state index in [1.54, 1.807) is 0 Å². The second-order valence-corrected chi connectivity index (χ2v) is 6.95. The molecular formula is C14H20O4S. The van der Waals surface area contributed by atoms with Gasteiger partial charge in [0.2, 0.25) is 0 Å². The molecule has 1 aromatic carbocycles. The third-order valence-corrected chi connectivity index (χ3v) is 3.64. The Hall–Kier alpha value is -1.36. The van der Waals surface area contributed by atoms with E-state index in [1.165, 1.54) is 6.26 Å². The summed E-state index contributed by atoms with van der Waals surface area (Å²) in [5, 5.41) is 0. The summed E-state index contributed by atoms with van der Waals surface area (Å²) in [5.74, 6) is 0.859. The molecule has 0 saturated carbocycles. The third-order valence-electron chi connectivity index (χ3n) is 2.61. The van der Waals surface area contributed by atoms with E-state index in [9.17, 15) is 13.2 Å². The Morgan fingerprint density at radius 1 is 1.26 bits per heavy atom. The van der Waals surface area contributed by atoms with Crippen molar-refractivity contribution in [3.05, 3.63) is 29.8 Å². The fourth-order valence-electron chi connectivity index (χ4n) is 1.64. The van der Waals surface area contributed by atoms with Crippen molar-refractivity contribution >= 4 is 15.6 Å². The molecule has 19 heavy (non-hydrogen) atoms. The van der Waals surface area contributed by atoms with Crippen molar-refractivity contribution in [3.8, 4) is 5.75 Å². The van der Waals surface area contributed by atoms with Gasteiger partial charge in [-0.1, -0.05) is 12.1 Å². The predicted octanol–water partition coefficient (Wildman–Crippen LogP) is 2.16. The highest BCUT2D eigenvalue weighted by Gasteiger charge is 2.06. The summed E-state index contributed by atoms with van der Waals surface area (Å²) in [7, 11) is -2.97. The Kier molecular flexibility index (Phi) is 6.02. The molecule has 0 aliphatic carbocycles. The Labute approximate surface area is 114 Å². The number of sulfone groups is 1. The maximum atomic E-state index is 11.5. The lowest BCUT2D eigenvalue weighted by atomic mass is 10.2. The van der Waals surface area contributed by atoms with Crippen LogP contribution in [0.1, 0.15) is 24.8 Å². The molecule has 0 heterocycles. The molecular weight excluding hydrogens is 264 g/mol. The number of carbonyl (C=O) groups is 1. The van der Waals surface area contributed by atoms with Crippen LogP contribution in [0.4, 0.5) is 0 Å². The summed E-state index contributed by atoms with van der Waals surface area (Å²) in [4.78, 5) is 11.5. The maximum Gasteiger partial charge on any atom is 0.147 e. The minimum absolute atomic E-state index is 0.0382. The molecule has 4 nitrogen and oxygen atoms in total. The molecule has 0 unspecified atom stereocenters. The first-order valence-corrected chi connectivity index (χ1v) is 8.32. The highest BCUT2D eigenvalue weighted by atomic mass is 32.2. The molecule has 0 bridgehead atoms. The number of ether oxygens (including phenoxy) is 1. The number of hydrogen-bond acceptors (Lipinski definition) is 4. The summed E-state index contributed by atoms with van der Waals surface area (Å²) < 4.78 is 27.3. The Morgan fingerprint density at radius 2 is 2.00 bits per heavy atom. The van der Waals surface area contributed by atoms with Gasteiger partial charge >= 0.3 is 0 Å². The molecule has 0 atom stereocenters. The van der Waals surface area contributed by atoms with E-state index >= 15 is 0 Å². The highest BCUT2D eigenvalue weighted by Crippen LogP contribution is 2.12. The summed E-state index contributed by atoms with van der Waals surface area (Å²) in [5.41, 5.74) is 1.11. The molecule has 1 rings (SSSR count). The monoisotopic (exact) mass is 284 g/mol. The van der Waals surface area contributed by atoms with Gasteiger partial charge in [0.1, 0.15) is 21.4 Å². The number of aryl methyl sites for hydroxylation is 1. The van der Waals surface area contributed by atoms with E-state index in [0.29, 0.717) is 25.9 Å². The van der Waals surface area contributed by atoms with Crippen molar-refractivity contribution in [3.63, 3.8) is 0 Å². The summed E-state index contributed by atoms with van der Waals surface area (Å²) in [6.07, 6.45) is 2.18. The van der Waals surface area contributed by atoms with Crippen LogP contribution in [-0.2, 0) is 14.6 Å². The maximum absolute atomic E-state index is 11.5. The smallest absolute Gasteiger partial charge is 0.147 e. The molecule has 0 aliphatic heterocycles. The molecule has 0 radical (unpaired) electrons. The third kappa shape index (κ3) is 7.62. The minimum Gasteiger partial charge on any atom is -0.493 e. The van der Waals surface area contributed by atoms with E-state index in [4.69, 9.17) is 4.74 Å². The van der Waals surface area contributed by atoms with Crippen LogP contribution in [0.2, 0.25) is 0 Å². The molecule has 1 aromatic rings. The van der Waals surface area contributed by atoms with Gasteiger partial charge in [0.15, 0.2) is 0 Å². The van der Waals surface area contributed by atoms with Gasteiger partial charge in [0.05, 0.1) is 12.4 Å². The number of Topliss-reactive ketones (excluding diaryl/α,β-unsaturated/α-hetero) is 1. The van der Waals surface area contributed by atoms with Crippen LogP contribution in [0.3, 0.4) is 0 Å². The van der Waals surface area contributed by atoms with Gasteiger partial charge in [0, 0.05) is 19.1 Å². The van der Waals surface area contributed by atoms with Crippen LogP contribution < -0.4 is 4.74 Å². The summed E-state index contributed by atoms with van der Waals surface area (Å²) in [6.45, 7) is 2.31. The van der Waals surface area contributed by atoms with Crippen LogP contribution in [0.15, 0.2) is 24.3 Å². The SMILES string of the molecule is Cc1cccc(OCCC(=O)CCCS(C)(=O)=O)c1. The minimum atomic E-state index is -2.97. The molecule has 5 heteroatoms. The van der Waals surface area contributed by atoms with Gasteiger partial charge in [-0.05, 0) is 31.0 Å². The number of benzene rings is 1. The largest absolute Gasteiger partial charge is 0.493 e. The van der Waals surface area contributed by atoms with Gasteiger partial charge < -0.3 is 4.74 Å². The average molecular weight is 284 g/mol. The van der Waals surface area contributed by atoms with Crippen LogP contribution >= 0.6 is 0 Å². The number of ketones is 1. The highest BCUT2D eigenvalue weighted by molar-refractivity contribution is 7.90. The Morgan fingerprint density at radius 3 is 2.63 bits per heavy atom. The molecule has 0 aromatic heterocycles. The standard InChI is InChI=1S/C14H20O4S/c1-12-5-3-7-14(11-12)18-9-8-13(15)6-4-10-19(2,16)17/h3,5,7,11H,4,6,8-10H2,1-2H3. The van der Waals surface area contributed by atoms with Crippen LogP contribution in [0.25, 0.3) is 0 Å². The fraction of sp³-hybridized carbons (Fsp3) is 0.500. The van der Waals surface area contributed by atoms with Gasteiger partial charge in [0.25, 0.3) is 0 Å². The average Bonchev–Trinajstić information content (AvgIpc) is 2.27. The quantitative estimate of drug-likeness (QED) is 0.734. The van der Waals surface area contributed by atoms with Crippen molar-refractivity contribution in [1.82, 2.24) is 0 Å². The zero-order chi connectivity index (χ0) is 14.3. The molecule has 0 saturated heterocycles. The van der Waals surface area contributed by atoms with Crippen molar-refractivity contribution in [2.24, 2.45) is 0 Å². The first-order chi connectivity index (χ1) is 8.87. The van der Waals surface area contributed by atoms with Crippen molar-refractivity contribution < 1.29 is 17.9 Å². The molecule has 0 N–H and O–H groups in total. The lowest BCUT2D eigenvalue weighted by Crippen LogP contribution is -2.09. The molecule has 106 valence electrons. The van der Waals surface area contributed by atoms with Gasteiger partial charge in [-0.15, -0.1) is 0 Å². The summed E-state index contributed by atoms with van der Waals surface area (Å²) >= 11 is 0. The van der Waals surface area contributed by atoms with Gasteiger partial charge in [-0.2, -0.15) is 0 Å². The fourth-order valence-corrected chi connectivity index (χ4v) is 2.31. The number of carbonyl (C=O) groups excluding carboxylic acids is 1. The van der Waals surface area contributed by atoms with E-state index in [0.717, 1.165) is 11.3 Å². The van der Waals surface area contributed by atoms with Crippen LogP contribution in [-0.4, -0.2) is 32.8 Å². The van der Waals surface area contributed by atoms with Crippen molar-refractivity contribution in [2.75, 3.05) is 18.6 Å². The molecule has 0 spiro atoms. The zero-order valence-corrected chi connectivity index (χ0v) is 12.2. The van der Waals surface area contributed by atoms with Crippen molar-refractivity contribution in [1.29, 1.82) is 0 Å². The van der Waals surface area contributed by atoms with E-state index in [-0.39, 0.29) is 11.5 Å². The van der Waals surface area contributed by atoms with Gasteiger partial charge in [-0.25, -0.2) is 8.42 Å². The second-order valence-electron chi connectivity index (χ2n) is 4.69. The number of hydrogen-bond donors (Lipinski definition) is 0. The topological polar surface area (TPSA) is 60.4 Å². The lowest BCUT2D eigenvalue weighted by Gasteiger charge is -2.06. The van der Waals surface area contributed by atoms with E-state index in [2.05, 4.69) is 0 Å². The normalized spacial score (nSPS) is 11.3. The first-order valence-electron chi connectivity index (χ1n) is 6.26. The molecule has 0 amide bonds. The predicted molar refractivity (Wildman–Crippen MR) is 75.2 cm³/mol. The lowest BCUT2D eigenvalue weighted by molar-refractivity contribution is -0.119.